The predicted molar refractivity (Wildman–Crippen MR) is 79.7 cm³/mol. The molecule has 0 bridgehead atoms. The molecule has 0 saturated heterocycles. The Balaban J connectivity index is 2.83. The topological polar surface area (TPSA) is 36.4 Å². The number of hydrogen-bond acceptors (Lipinski definition) is 3. The molecule has 1 aromatic rings. The highest BCUT2D eigenvalue weighted by Crippen LogP contribution is 2.15. The van der Waals surface area contributed by atoms with E-state index in [2.05, 4.69) is 30.7 Å². The van der Waals surface area contributed by atoms with Crippen molar-refractivity contribution in [2.75, 3.05) is 31.6 Å². The number of carbonyl (C=O) groups is 1. The van der Waals surface area contributed by atoms with E-state index in [1.165, 1.54) is 0 Å². The maximum Gasteiger partial charge on any atom is 0.272 e. The molecule has 0 aliphatic carbocycles. The molecule has 0 fully saturated rings. The van der Waals surface area contributed by atoms with Crippen LogP contribution in [0.2, 0.25) is 0 Å². The van der Waals surface area contributed by atoms with Crippen LogP contribution in [0.3, 0.4) is 0 Å². The fraction of sp³-hybridized carbons (Fsp3) is 0.600. The Morgan fingerprint density at radius 1 is 1.26 bits per heavy atom. The van der Waals surface area contributed by atoms with Gasteiger partial charge in [0.05, 0.1) is 0 Å². The third-order valence-electron chi connectivity index (χ3n) is 3.29. The van der Waals surface area contributed by atoms with Crippen LogP contribution in [0.4, 0.5) is 5.69 Å². The highest BCUT2D eigenvalue weighted by Gasteiger charge is 2.14. The second kappa shape index (κ2) is 7.77. The van der Waals surface area contributed by atoms with E-state index in [9.17, 15) is 4.79 Å². The van der Waals surface area contributed by atoms with Gasteiger partial charge in [-0.2, -0.15) is 0 Å². The van der Waals surface area contributed by atoms with E-state index < -0.39 is 0 Å². The van der Waals surface area contributed by atoms with Gasteiger partial charge in [-0.15, -0.1) is 0 Å². The maximum absolute atomic E-state index is 12.2. The number of rotatable bonds is 7. The SMILES string of the molecule is CCCCN(C)C(=O)c1cc(N(CC)CC)ccn1. The summed E-state index contributed by atoms with van der Waals surface area (Å²) in [6, 6.07) is 3.84. The summed E-state index contributed by atoms with van der Waals surface area (Å²) in [5.74, 6) is 0.00227. The molecule has 0 atom stereocenters. The Kier molecular flexibility index (Phi) is 6.33. The van der Waals surface area contributed by atoms with Crippen LogP contribution < -0.4 is 4.90 Å². The van der Waals surface area contributed by atoms with Gasteiger partial charge in [0.25, 0.3) is 5.91 Å². The first-order valence-electron chi connectivity index (χ1n) is 7.10. The number of pyridine rings is 1. The van der Waals surface area contributed by atoms with Gasteiger partial charge in [0.2, 0.25) is 0 Å². The van der Waals surface area contributed by atoms with Crippen molar-refractivity contribution in [3.8, 4) is 0 Å². The van der Waals surface area contributed by atoms with Crippen molar-refractivity contribution in [2.45, 2.75) is 33.6 Å². The zero-order valence-corrected chi connectivity index (χ0v) is 12.5. The lowest BCUT2D eigenvalue weighted by Crippen LogP contribution is -2.29. The molecule has 0 radical (unpaired) electrons. The van der Waals surface area contributed by atoms with E-state index in [0.717, 1.165) is 38.2 Å². The summed E-state index contributed by atoms with van der Waals surface area (Å²) in [5.41, 5.74) is 1.59. The molecule has 0 aliphatic heterocycles. The molecule has 0 N–H and O–H groups in total. The fourth-order valence-corrected chi connectivity index (χ4v) is 2.01. The fourth-order valence-electron chi connectivity index (χ4n) is 2.01. The predicted octanol–water partition coefficient (Wildman–Crippen LogP) is 2.80. The second-order valence-electron chi connectivity index (χ2n) is 4.65. The first-order valence-corrected chi connectivity index (χ1v) is 7.10. The number of unbranched alkanes of at least 4 members (excludes halogenated alkanes) is 1. The quantitative estimate of drug-likeness (QED) is 0.759. The van der Waals surface area contributed by atoms with E-state index in [0.29, 0.717) is 5.69 Å². The van der Waals surface area contributed by atoms with Crippen molar-refractivity contribution in [1.82, 2.24) is 9.88 Å². The number of aromatic nitrogens is 1. The highest BCUT2D eigenvalue weighted by molar-refractivity contribution is 5.93. The standard InChI is InChI=1S/C15H25N3O/c1-5-8-11-17(4)15(19)14-12-13(9-10-16-14)18(6-2)7-3/h9-10,12H,5-8,11H2,1-4H3. The van der Waals surface area contributed by atoms with Gasteiger partial charge >= 0.3 is 0 Å². The summed E-state index contributed by atoms with van der Waals surface area (Å²) in [7, 11) is 1.84. The van der Waals surface area contributed by atoms with Crippen LogP contribution in [0.25, 0.3) is 0 Å². The molecule has 0 saturated carbocycles. The van der Waals surface area contributed by atoms with E-state index in [1.54, 1.807) is 11.1 Å². The van der Waals surface area contributed by atoms with Crippen LogP contribution in [0.1, 0.15) is 44.1 Å². The molecular weight excluding hydrogens is 238 g/mol. The summed E-state index contributed by atoms with van der Waals surface area (Å²) in [5, 5.41) is 0. The minimum Gasteiger partial charge on any atom is -0.372 e. The number of hydrogen-bond donors (Lipinski definition) is 0. The number of carbonyl (C=O) groups excluding carboxylic acids is 1. The molecule has 4 heteroatoms. The Morgan fingerprint density at radius 2 is 1.95 bits per heavy atom. The van der Waals surface area contributed by atoms with Crippen LogP contribution in [0, 0.1) is 0 Å². The Labute approximate surface area is 116 Å². The van der Waals surface area contributed by atoms with Gasteiger partial charge in [-0.25, -0.2) is 0 Å². The van der Waals surface area contributed by atoms with Crippen LogP contribution in [-0.2, 0) is 0 Å². The third-order valence-corrected chi connectivity index (χ3v) is 3.29. The van der Waals surface area contributed by atoms with E-state index >= 15 is 0 Å². The van der Waals surface area contributed by atoms with Crippen molar-refractivity contribution >= 4 is 11.6 Å². The lowest BCUT2D eigenvalue weighted by atomic mass is 10.2. The second-order valence-corrected chi connectivity index (χ2v) is 4.65. The van der Waals surface area contributed by atoms with Crippen LogP contribution in [0.15, 0.2) is 18.3 Å². The molecule has 0 spiro atoms. The van der Waals surface area contributed by atoms with Crippen LogP contribution >= 0.6 is 0 Å². The smallest absolute Gasteiger partial charge is 0.272 e. The molecule has 0 aromatic carbocycles. The third kappa shape index (κ3) is 4.23. The van der Waals surface area contributed by atoms with E-state index in [4.69, 9.17) is 0 Å². The summed E-state index contributed by atoms with van der Waals surface area (Å²) in [4.78, 5) is 20.4. The molecule has 1 rings (SSSR count). The van der Waals surface area contributed by atoms with Crippen molar-refractivity contribution in [2.24, 2.45) is 0 Å². The number of amides is 1. The average Bonchev–Trinajstić information content (AvgIpc) is 2.45. The highest BCUT2D eigenvalue weighted by atomic mass is 16.2. The lowest BCUT2D eigenvalue weighted by Gasteiger charge is -2.22. The molecule has 4 nitrogen and oxygen atoms in total. The van der Waals surface area contributed by atoms with Crippen molar-refractivity contribution in [3.05, 3.63) is 24.0 Å². The molecular formula is C15H25N3O. The molecule has 0 aliphatic rings. The first kappa shape index (κ1) is 15.5. The van der Waals surface area contributed by atoms with Crippen LogP contribution in [0.5, 0.6) is 0 Å². The molecule has 106 valence electrons. The summed E-state index contributed by atoms with van der Waals surface area (Å²) < 4.78 is 0. The molecule has 1 heterocycles. The van der Waals surface area contributed by atoms with E-state index in [-0.39, 0.29) is 5.91 Å². The van der Waals surface area contributed by atoms with Gasteiger partial charge in [0, 0.05) is 38.6 Å². The van der Waals surface area contributed by atoms with Crippen molar-refractivity contribution in [1.29, 1.82) is 0 Å². The Morgan fingerprint density at radius 3 is 2.53 bits per heavy atom. The monoisotopic (exact) mass is 263 g/mol. The number of nitrogens with zero attached hydrogens (tertiary/aromatic N) is 3. The summed E-state index contributed by atoms with van der Waals surface area (Å²) in [6.07, 6.45) is 3.83. The molecule has 0 unspecified atom stereocenters. The zero-order valence-electron chi connectivity index (χ0n) is 12.5. The van der Waals surface area contributed by atoms with Gasteiger partial charge < -0.3 is 9.80 Å². The Bertz CT molecular complexity index is 402. The van der Waals surface area contributed by atoms with Gasteiger partial charge in [0.15, 0.2) is 0 Å². The molecule has 19 heavy (non-hydrogen) atoms. The number of anilines is 1. The molecule has 1 amide bonds. The first-order chi connectivity index (χ1) is 9.13. The largest absolute Gasteiger partial charge is 0.372 e. The summed E-state index contributed by atoms with van der Waals surface area (Å²) in [6.45, 7) is 8.99. The van der Waals surface area contributed by atoms with Crippen molar-refractivity contribution < 1.29 is 4.79 Å². The van der Waals surface area contributed by atoms with Gasteiger partial charge in [-0.1, -0.05) is 13.3 Å². The van der Waals surface area contributed by atoms with Gasteiger partial charge in [-0.05, 0) is 32.4 Å². The van der Waals surface area contributed by atoms with Crippen molar-refractivity contribution in [3.63, 3.8) is 0 Å². The normalized spacial score (nSPS) is 10.3. The minimum atomic E-state index is 0.00227. The lowest BCUT2D eigenvalue weighted by molar-refractivity contribution is 0.0787. The maximum atomic E-state index is 12.2. The molecule has 1 aromatic heterocycles. The summed E-state index contributed by atoms with van der Waals surface area (Å²) >= 11 is 0. The average molecular weight is 263 g/mol. The van der Waals surface area contributed by atoms with Gasteiger partial charge in [-0.3, -0.25) is 9.78 Å². The minimum absolute atomic E-state index is 0.00227. The van der Waals surface area contributed by atoms with E-state index in [1.807, 2.05) is 19.2 Å². The van der Waals surface area contributed by atoms with Gasteiger partial charge in [0.1, 0.15) is 5.69 Å². The Hall–Kier alpha value is -1.58. The van der Waals surface area contributed by atoms with Crippen LogP contribution in [-0.4, -0.2) is 42.5 Å². The zero-order chi connectivity index (χ0) is 14.3.